The number of ether oxygens (including phenoxy) is 3. The van der Waals surface area contributed by atoms with Crippen LogP contribution in [0.2, 0.25) is 0 Å². The van der Waals surface area contributed by atoms with Crippen LogP contribution in [0.5, 0.6) is 17.2 Å². The van der Waals surface area contributed by atoms with Crippen LogP contribution in [0.3, 0.4) is 0 Å². The van der Waals surface area contributed by atoms with Crippen molar-refractivity contribution in [1.82, 2.24) is 0 Å². The molecule has 0 fully saturated rings. The van der Waals surface area contributed by atoms with E-state index in [0.717, 1.165) is 54.1 Å². The van der Waals surface area contributed by atoms with Crippen molar-refractivity contribution < 1.29 is 14.2 Å². The Labute approximate surface area is 381 Å². The third-order valence-electron chi connectivity index (χ3n) is 7.93. The van der Waals surface area contributed by atoms with Crippen molar-refractivity contribution in [3.63, 3.8) is 0 Å². The molecule has 0 atom stereocenters. The molecule has 2 heterocycles. The quantitative estimate of drug-likeness (QED) is 0.176. The van der Waals surface area contributed by atoms with Gasteiger partial charge in [0.2, 0.25) is 0 Å². The molecular formula is C57H99NO3. The Morgan fingerprint density at radius 1 is 0.361 bits per heavy atom. The average molecular weight is 846 g/mol. The molecule has 350 valence electrons. The molecule has 0 N–H and O–H groups in total. The van der Waals surface area contributed by atoms with Crippen LogP contribution in [0.1, 0.15) is 161 Å². The molecule has 4 heteroatoms. The second-order valence-corrected chi connectivity index (χ2v) is 17.8. The number of anilines is 1. The van der Waals surface area contributed by atoms with Crippen molar-refractivity contribution in [3.8, 4) is 17.2 Å². The molecule has 0 unspecified atom stereocenters. The summed E-state index contributed by atoms with van der Waals surface area (Å²) >= 11 is 0. The Balaban J connectivity index is -0.000000313. The summed E-state index contributed by atoms with van der Waals surface area (Å²) in [5.74, 6) is 6.05. The van der Waals surface area contributed by atoms with E-state index in [9.17, 15) is 0 Å². The van der Waals surface area contributed by atoms with E-state index in [1.165, 1.54) is 57.1 Å². The molecule has 8 rings (SSSR count). The first-order valence-corrected chi connectivity index (χ1v) is 22.1. The normalized spacial score (nSPS) is 13.0. The lowest BCUT2D eigenvalue weighted by Gasteiger charge is -2.27. The van der Waals surface area contributed by atoms with E-state index in [1.807, 2.05) is 42.5 Å². The van der Waals surface area contributed by atoms with Gasteiger partial charge >= 0.3 is 0 Å². The van der Waals surface area contributed by atoms with Gasteiger partial charge in [-0.25, -0.2) is 0 Å². The van der Waals surface area contributed by atoms with Crippen LogP contribution in [0, 0.1) is 23.7 Å². The first-order valence-electron chi connectivity index (χ1n) is 22.1. The lowest BCUT2D eigenvalue weighted by molar-refractivity contribution is 0.171. The number of hydrogen-bond acceptors (Lipinski definition) is 4. The minimum atomic E-state index is 0. The highest BCUT2D eigenvalue weighted by Crippen LogP contribution is 2.30. The number of rotatable bonds is 0. The van der Waals surface area contributed by atoms with Crippen molar-refractivity contribution in [1.29, 1.82) is 0 Å². The van der Waals surface area contributed by atoms with Gasteiger partial charge in [0.25, 0.3) is 0 Å². The number of fused-ring (bicyclic) bond motifs is 4. The predicted molar refractivity (Wildman–Crippen MR) is 278 cm³/mol. The Morgan fingerprint density at radius 2 is 0.607 bits per heavy atom. The Morgan fingerprint density at radius 3 is 0.902 bits per heavy atom. The van der Waals surface area contributed by atoms with Gasteiger partial charge in [-0.2, -0.15) is 0 Å². The fraction of sp³-hybridized carbons (Fsp3) is 0.579. The smallest absolute Gasteiger partial charge is 0.161 e. The average Bonchev–Trinajstić information content (AvgIpc) is 3.18. The van der Waals surface area contributed by atoms with Crippen LogP contribution in [-0.4, -0.2) is 33.4 Å². The number of para-hydroxylation sites is 4. The highest BCUT2D eigenvalue weighted by atomic mass is 16.6. The summed E-state index contributed by atoms with van der Waals surface area (Å²) in [6.45, 7) is 29.1. The van der Waals surface area contributed by atoms with Crippen molar-refractivity contribution >= 4 is 5.69 Å². The minimum Gasteiger partial charge on any atom is -0.490 e. The zero-order valence-electron chi connectivity index (χ0n) is 38.7. The molecule has 4 aliphatic rings. The van der Waals surface area contributed by atoms with Gasteiger partial charge < -0.3 is 19.1 Å². The zero-order valence-corrected chi connectivity index (χ0v) is 38.7. The Hall–Kier alpha value is -3.92. The van der Waals surface area contributed by atoms with Gasteiger partial charge in [0.05, 0.1) is 12.2 Å². The summed E-state index contributed by atoms with van der Waals surface area (Å²) in [5.41, 5.74) is 7.50. The monoisotopic (exact) mass is 846 g/mol. The summed E-state index contributed by atoms with van der Waals surface area (Å²) in [5, 5.41) is 0. The summed E-state index contributed by atoms with van der Waals surface area (Å²) in [6.07, 6.45) is 10.8. The highest BCUT2D eigenvalue weighted by Gasteiger charge is 2.12. The Kier molecular flexibility index (Phi) is 40.7. The van der Waals surface area contributed by atoms with Crippen LogP contribution in [0.25, 0.3) is 0 Å². The van der Waals surface area contributed by atoms with Crippen LogP contribution >= 0.6 is 0 Å². The Bertz CT molecular complexity index is 1330. The number of nitrogens with zero attached hydrogens (tertiary/aromatic N) is 1. The van der Waals surface area contributed by atoms with Crippen molar-refractivity contribution in [2.45, 2.75) is 164 Å². The molecule has 0 bridgehead atoms. The molecule has 2 aliphatic carbocycles. The molecule has 61 heavy (non-hydrogen) atoms. The molecule has 0 aromatic heterocycles. The maximum Gasteiger partial charge on any atom is 0.161 e. The summed E-state index contributed by atoms with van der Waals surface area (Å²) in [7, 11) is 2.08. The van der Waals surface area contributed by atoms with Gasteiger partial charge in [-0.15, -0.1) is 0 Å². The number of benzene rings is 4. The van der Waals surface area contributed by atoms with E-state index in [-0.39, 0.29) is 29.7 Å². The number of aryl methyl sites for hydroxylation is 4. The van der Waals surface area contributed by atoms with Crippen molar-refractivity contribution in [2.75, 3.05) is 38.3 Å². The SMILES string of the molecule is C.C.C.C.CC(C)C.CC(C)C.CC(C)C.CC(C)C.CN1CCOc2ccccc21.c1ccc2c(c1)CCCC2.c1ccc2c(c1)CCCC2.c1ccc2c(c1)OCCO2. The standard InChI is InChI=1S/2C10H12.C9H11NO.C8H8O2.4C4H10.4CH4/c2*1-2-6-10-8-4-3-7-9(10)5-1;1-10-6-7-11-9-5-3-2-4-8(9)10;1-2-4-8-7(3-1)9-5-6-10-8;4*1-4(2)3;;;;/h2*1-2,5-6H,3-4,7-8H2;2-5H,6-7H2,1H3;1-4H,5-6H2;4*4H,1-3H3;4*1H4. The van der Waals surface area contributed by atoms with Crippen LogP contribution in [0.4, 0.5) is 5.69 Å². The third-order valence-corrected chi connectivity index (χ3v) is 7.93. The van der Waals surface area contributed by atoms with Crippen molar-refractivity contribution in [3.05, 3.63) is 119 Å². The molecule has 0 spiro atoms. The van der Waals surface area contributed by atoms with E-state index in [0.29, 0.717) is 13.2 Å². The molecule has 2 aliphatic heterocycles. The highest BCUT2D eigenvalue weighted by molar-refractivity contribution is 5.59. The second-order valence-electron chi connectivity index (χ2n) is 17.8. The van der Waals surface area contributed by atoms with E-state index in [1.54, 1.807) is 22.3 Å². The van der Waals surface area contributed by atoms with Gasteiger partial charge in [0.15, 0.2) is 11.5 Å². The van der Waals surface area contributed by atoms with E-state index < -0.39 is 0 Å². The maximum atomic E-state index is 5.45. The van der Waals surface area contributed by atoms with Gasteiger partial charge in [0.1, 0.15) is 25.6 Å². The fourth-order valence-electron chi connectivity index (χ4n) is 5.65. The minimum absolute atomic E-state index is 0. The van der Waals surface area contributed by atoms with Crippen LogP contribution in [0.15, 0.2) is 97.1 Å². The molecule has 4 aromatic rings. The molecule has 4 aromatic carbocycles. The first kappa shape index (κ1) is 63.7. The van der Waals surface area contributed by atoms with Gasteiger partial charge in [-0.1, -0.05) is 186 Å². The number of hydrogen-bond donors (Lipinski definition) is 0. The molecule has 0 saturated heterocycles. The second kappa shape index (κ2) is 39.0. The lowest BCUT2D eigenvalue weighted by atomic mass is 9.92. The molecular weight excluding hydrogens is 747 g/mol. The molecule has 4 nitrogen and oxygen atoms in total. The summed E-state index contributed by atoms with van der Waals surface area (Å²) in [4.78, 5) is 2.21. The largest absolute Gasteiger partial charge is 0.490 e. The van der Waals surface area contributed by atoms with Crippen LogP contribution < -0.4 is 19.1 Å². The van der Waals surface area contributed by atoms with Crippen molar-refractivity contribution in [2.24, 2.45) is 23.7 Å². The molecule has 0 amide bonds. The maximum absolute atomic E-state index is 5.45. The fourth-order valence-corrected chi connectivity index (χ4v) is 5.65. The van der Waals surface area contributed by atoms with E-state index in [4.69, 9.17) is 14.2 Å². The van der Waals surface area contributed by atoms with Crippen LogP contribution in [-0.2, 0) is 25.7 Å². The third kappa shape index (κ3) is 32.5. The van der Waals surface area contributed by atoms with Gasteiger partial charge in [0, 0.05) is 7.05 Å². The summed E-state index contributed by atoms with van der Waals surface area (Å²) < 4.78 is 16.0. The van der Waals surface area contributed by atoms with Gasteiger partial charge in [-0.3, -0.25) is 0 Å². The lowest BCUT2D eigenvalue weighted by Crippen LogP contribution is -2.28. The zero-order chi connectivity index (χ0) is 42.4. The first-order chi connectivity index (χ1) is 27.2. The summed E-state index contributed by atoms with van der Waals surface area (Å²) in [6, 6.07) is 33.4. The molecule has 0 radical (unpaired) electrons. The van der Waals surface area contributed by atoms with E-state index in [2.05, 4.69) is 150 Å². The molecule has 0 saturated carbocycles. The predicted octanol–water partition coefficient (Wildman–Crippen LogP) is 17.3. The van der Waals surface area contributed by atoms with Gasteiger partial charge in [-0.05, 0) is 122 Å². The van der Waals surface area contributed by atoms with E-state index >= 15 is 0 Å². The number of likely N-dealkylation sites (N-methyl/N-ethyl adjacent to an activating group) is 1. The topological polar surface area (TPSA) is 30.9 Å².